The van der Waals surface area contributed by atoms with Crippen molar-refractivity contribution in [3.8, 4) is 16.9 Å². The van der Waals surface area contributed by atoms with E-state index >= 15 is 0 Å². The van der Waals surface area contributed by atoms with Crippen LogP contribution in [0.5, 0.6) is 5.75 Å². The number of nitrogens with two attached hydrogens (primary N) is 1. The van der Waals surface area contributed by atoms with Gasteiger partial charge in [0.15, 0.2) is 5.60 Å². The molecule has 164 valence electrons. The lowest BCUT2D eigenvalue weighted by Gasteiger charge is -2.29. The molecular weight excluding hydrogens is 442 g/mol. The molecular formula is C23H17ClF2N2O4. The second-order valence-electron chi connectivity index (χ2n) is 7.35. The minimum atomic E-state index is -1.27. The fourth-order valence-electron chi connectivity index (χ4n) is 4.01. The maximum Gasteiger partial charge on any atom is 0.404 e. The third kappa shape index (κ3) is 3.62. The molecule has 3 aromatic rings. The Balaban J connectivity index is 1.95. The molecule has 1 heterocycles. The van der Waals surface area contributed by atoms with Crippen molar-refractivity contribution in [2.45, 2.75) is 12.0 Å². The van der Waals surface area contributed by atoms with Crippen molar-refractivity contribution in [2.24, 2.45) is 5.73 Å². The van der Waals surface area contributed by atoms with Crippen LogP contribution in [0.25, 0.3) is 11.1 Å². The lowest BCUT2D eigenvalue weighted by molar-refractivity contribution is 0.0896. The number of halogens is 3. The predicted octanol–water partition coefficient (Wildman–Crippen LogP) is 4.48. The Morgan fingerprint density at radius 3 is 2.47 bits per heavy atom. The van der Waals surface area contributed by atoms with Crippen LogP contribution in [-0.4, -0.2) is 23.7 Å². The van der Waals surface area contributed by atoms with Crippen molar-refractivity contribution in [3.05, 3.63) is 87.9 Å². The molecule has 1 atom stereocenters. The standard InChI is InChI=1S/C23H17ClF2N2O4/c24-20-16(26)9-17-14(19(20)18-13(21(27)29)7-4-8-15(18)25)10-23(32-17,11-28-22(30)31)12-5-2-1-3-6-12/h1-9,28H,10-11H2,(H2,27,29)(H,30,31)/t23-/m1/s1. The second kappa shape index (κ2) is 8.12. The molecule has 1 aliphatic heterocycles. The summed E-state index contributed by atoms with van der Waals surface area (Å²) in [5.41, 5.74) is 4.68. The Bertz CT molecular complexity index is 1240. The number of nitrogens with one attached hydrogen (secondary N) is 1. The molecule has 0 saturated heterocycles. The largest absolute Gasteiger partial charge is 0.480 e. The number of amides is 2. The van der Waals surface area contributed by atoms with Gasteiger partial charge in [-0.2, -0.15) is 0 Å². The van der Waals surface area contributed by atoms with Gasteiger partial charge in [-0.15, -0.1) is 0 Å². The summed E-state index contributed by atoms with van der Waals surface area (Å²) >= 11 is 6.27. The van der Waals surface area contributed by atoms with Gasteiger partial charge < -0.3 is 20.9 Å². The first kappa shape index (κ1) is 21.6. The number of carbonyl (C=O) groups is 2. The normalized spacial score (nSPS) is 16.8. The number of hydrogen-bond donors (Lipinski definition) is 3. The molecule has 6 nitrogen and oxygen atoms in total. The molecule has 4 N–H and O–H groups in total. The Morgan fingerprint density at radius 2 is 1.81 bits per heavy atom. The summed E-state index contributed by atoms with van der Waals surface area (Å²) in [5.74, 6) is -2.53. The topological polar surface area (TPSA) is 102 Å². The van der Waals surface area contributed by atoms with Gasteiger partial charge in [-0.3, -0.25) is 4.79 Å². The van der Waals surface area contributed by atoms with Crippen molar-refractivity contribution in [3.63, 3.8) is 0 Å². The fourth-order valence-corrected chi connectivity index (χ4v) is 4.27. The van der Waals surface area contributed by atoms with Crippen LogP contribution < -0.4 is 15.8 Å². The first-order valence-electron chi connectivity index (χ1n) is 9.54. The molecule has 0 unspecified atom stereocenters. The number of carbonyl (C=O) groups excluding carboxylic acids is 1. The van der Waals surface area contributed by atoms with Crippen molar-refractivity contribution in [1.29, 1.82) is 0 Å². The van der Waals surface area contributed by atoms with Gasteiger partial charge in [0.25, 0.3) is 0 Å². The minimum Gasteiger partial charge on any atom is -0.480 e. The Morgan fingerprint density at radius 1 is 1.09 bits per heavy atom. The molecule has 3 aromatic carbocycles. The number of ether oxygens (including phenoxy) is 1. The zero-order chi connectivity index (χ0) is 23.0. The van der Waals surface area contributed by atoms with E-state index in [0.717, 1.165) is 12.1 Å². The number of fused-ring (bicyclic) bond motifs is 1. The average molecular weight is 459 g/mol. The van der Waals surface area contributed by atoms with E-state index in [-0.39, 0.29) is 35.4 Å². The summed E-state index contributed by atoms with van der Waals surface area (Å²) in [5, 5.41) is 11.1. The molecule has 0 bridgehead atoms. The molecule has 0 spiro atoms. The first-order chi connectivity index (χ1) is 15.2. The van der Waals surface area contributed by atoms with Gasteiger partial charge in [0.1, 0.15) is 17.4 Å². The van der Waals surface area contributed by atoms with Crippen molar-refractivity contribution in [2.75, 3.05) is 6.54 Å². The highest BCUT2D eigenvalue weighted by atomic mass is 35.5. The highest BCUT2D eigenvalue weighted by molar-refractivity contribution is 6.34. The maximum atomic E-state index is 14.9. The monoisotopic (exact) mass is 458 g/mol. The van der Waals surface area contributed by atoms with Crippen LogP contribution >= 0.6 is 11.6 Å². The molecule has 0 saturated carbocycles. The molecule has 0 fully saturated rings. The number of benzene rings is 3. The van der Waals surface area contributed by atoms with Gasteiger partial charge in [-0.1, -0.05) is 48.0 Å². The SMILES string of the molecule is NC(=O)c1cccc(F)c1-c1c(Cl)c(F)cc2c1C[C@@](CNC(=O)O)(c1ccccc1)O2. The number of hydrogen-bond acceptors (Lipinski definition) is 3. The molecule has 2 amide bonds. The lowest BCUT2D eigenvalue weighted by Crippen LogP contribution is -2.43. The average Bonchev–Trinajstić information content (AvgIpc) is 3.13. The second-order valence-corrected chi connectivity index (χ2v) is 7.73. The van der Waals surface area contributed by atoms with E-state index in [9.17, 15) is 18.4 Å². The quantitative estimate of drug-likeness (QED) is 0.524. The fraction of sp³-hybridized carbons (Fsp3) is 0.130. The van der Waals surface area contributed by atoms with E-state index < -0.39 is 34.3 Å². The zero-order valence-electron chi connectivity index (χ0n) is 16.5. The zero-order valence-corrected chi connectivity index (χ0v) is 17.2. The predicted molar refractivity (Wildman–Crippen MR) is 114 cm³/mol. The van der Waals surface area contributed by atoms with Crippen molar-refractivity contribution >= 4 is 23.6 Å². The van der Waals surface area contributed by atoms with Crippen molar-refractivity contribution < 1.29 is 28.2 Å². The van der Waals surface area contributed by atoms with E-state index in [1.807, 2.05) is 0 Å². The van der Waals surface area contributed by atoms with Gasteiger partial charge in [-0.05, 0) is 17.7 Å². The van der Waals surface area contributed by atoms with Crippen LogP contribution in [0.1, 0.15) is 21.5 Å². The first-order valence-corrected chi connectivity index (χ1v) is 9.92. The van der Waals surface area contributed by atoms with E-state index in [0.29, 0.717) is 11.1 Å². The van der Waals surface area contributed by atoms with Crippen molar-refractivity contribution in [1.82, 2.24) is 5.32 Å². The Kier molecular flexibility index (Phi) is 5.48. The third-order valence-electron chi connectivity index (χ3n) is 5.41. The minimum absolute atomic E-state index is 0.0362. The van der Waals surface area contributed by atoms with E-state index in [1.54, 1.807) is 30.3 Å². The third-order valence-corrected chi connectivity index (χ3v) is 5.78. The van der Waals surface area contributed by atoms with Gasteiger partial charge in [0, 0.05) is 34.7 Å². The summed E-state index contributed by atoms with van der Waals surface area (Å²) in [6, 6.07) is 13.6. The summed E-state index contributed by atoms with van der Waals surface area (Å²) in [4.78, 5) is 23.2. The molecule has 4 rings (SSSR count). The highest BCUT2D eigenvalue weighted by Crippen LogP contribution is 2.49. The summed E-state index contributed by atoms with van der Waals surface area (Å²) in [6.45, 7) is -0.167. The molecule has 0 radical (unpaired) electrons. The van der Waals surface area contributed by atoms with Crippen LogP contribution in [0.3, 0.4) is 0 Å². The van der Waals surface area contributed by atoms with Crippen LogP contribution in [0.2, 0.25) is 5.02 Å². The molecule has 1 aliphatic rings. The molecule has 0 aromatic heterocycles. The Hall–Kier alpha value is -3.65. The van der Waals surface area contributed by atoms with E-state index in [1.165, 1.54) is 12.1 Å². The van der Waals surface area contributed by atoms with Gasteiger partial charge in [0.05, 0.1) is 11.6 Å². The summed E-state index contributed by atoms with van der Waals surface area (Å²) < 4.78 is 35.8. The molecule has 9 heteroatoms. The molecule has 32 heavy (non-hydrogen) atoms. The molecule has 0 aliphatic carbocycles. The maximum absolute atomic E-state index is 14.9. The van der Waals surface area contributed by atoms with Gasteiger partial charge in [-0.25, -0.2) is 13.6 Å². The lowest BCUT2D eigenvalue weighted by atomic mass is 9.85. The van der Waals surface area contributed by atoms with Crippen LogP contribution in [0.4, 0.5) is 13.6 Å². The van der Waals surface area contributed by atoms with Crippen LogP contribution in [-0.2, 0) is 12.0 Å². The number of rotatable bonds is 5. The van der Waals surface area contributed by atoms with Crippen LogP contribution in [0.15, 0.2) is 54.6 Å². The smallest absolute Gasteiger partial charge is 0.404 e. The van der Waals surface area contributed by atoms with E-state index in [4.69, 9.17) is 27.2 Å². The summed E-state index contributed by atoms with van der Waals surface area (Å²) in [6.07, 6.45) is -1.23. The summed E-state index contributed by atoms with van der Waals surface area (Å²) in [7, 11) is 0. The number of primary amides is 1. The number of carboxylic acid groups (broad SMARTS) is 1. The van der Waals surface area contributed by atoms with Gasteiger partial charge >= 0.3 is 6.09 Å². The van der Waals surface area contributed by atoms with Crippen LogP contribution in [0, 0.1) is 11.6 Å². The van der Waals surface area contributed by atoms with Gasteiger partial charge in [0.2, 0.25) is 5.91 Å². The highest BCUT2D eigenvalue weighted by Gasteiger charge is 2.44. The Labute approximate surface area is 186 Å². The van der Waals surface area contributed by atoms with E-state index in [2.05, 4.69) is 5.32 Å².